The lowest BCUT2D eigenvalue weighted by molar-refractivity contribution is 0.253. The number of nitrogens with one attached hydrogen (secondary N) is 2. The molecule has 0 aromatic rings. The Kier molecular flexibility index (Phi) is 8.63. The fourth-order valence-electron chi connectivity index (χ4n) is 2.36. The minimum absolute atomic E-state index is 0.201. The van der Waals surface area contributed by atoms with Crippen LogP contribution in [0.1, 0.15) is 20.3 Å². The van der Waals surface area contributed by atoms with Crippen molar-refractivity contribution in [2.24, 2.45) is 0 Å². The first-order valence-corrected chi connectivity index (χ1v) is 9.35. The molecule has 0 spiro atoms. The average molecular weight is 306 g/mol. The van der Waals surface area contributed by atoms with E-state index in [1.54, 1.807) is 0 Å². The zero-order valence-electron chi connectivity index (χ0n) is 12.9. The number of hydrogen-bond donors (Lipinski definition) is 2. The Balaban J connectivity index is 2.19. The second-order valence-corrected chi connectivity index (χ2v) is 7.17. The van der Waals surface area contributed by atoms with Crippen molar-refractivity contribution < 1.29 is 8.42 Å². The van der Waals surface area contributed by atoms with Gasteiger partial charge >= 0.3 is 0 Å². The second kappa shape index (κ2) is 9.68. The lowest BCUT2D eigenvalue weighted by Gasteiger charge is -2.27. The molecule has 2 N–H and O–H groups in total. The lowest BCUT2D eigenvalue weighted by Crippen LogP contribution is -2.46. The van der Waals surface area contributed by atoms with Gasteiger partial charge in [-0.25, -0.2) is 13.1 Å². The first-order valence-electron chi connectivity index (χ1n) is 7.70. The highest BCUT2D eigenvalue weighted by atomic mass is 32.2. The summed E-state index contributed by atoms with van der Waals surface area (Å²) in [4.78, 5) is 4.46. The average Bonchev–Trinajstić information content (AvgIpc) is 2.45. The minimum atomic E-state index is -3.14. The van der Waals surface area contributed by atoms with Crippen LogP contribution in [0.15, 0.2) is 0 Å². The third-order valence-corrected chi connectivity index (χ3v) is 4.99. The molecule has 0 radical (unpaired) electrons. The van der Waals surface area contributed by atoms with Gasteiger partial charge < -0.3 is 10.2 Å². The normalized spacial score (nSPS) is 17.8. The van der Waals surface area contributed by atoms with Crippen LogP contribution in [-0.2, 0) is 10.0 Å². The number of likely N-dealkylation sites (N-methyl/N-ethyl adjacent to an activating group) is 1. The molecule has 1 aliphatic rings. The van der Waals surface area contributed by atoms with E-state index in [-0.39, 0.29) is 5.75 Å². The molecule has 0 aromatic heterocycles. The Labute approximate surface area is 123 Å². The number of hydrogen-bond acceptors (Lipinski definition) is 5. The molecule has 0 atom stereocenters. The Morgan fingerprint density at radius 2 is 1.90 bits per heavy atom. The molecule has 1 aliphatic heterocycles. The monoisotopic (exact) mass is 306 g/mol. The van der Waals surface area contributed by atoms with Crippen molar-refractivity contribution in [3.63, 3.8) is 0 Å². The third-order valence-electron chi connectivity index (χ3n) is 3.62. The van der Waals surface area contributed by atoms with Crippen molar-refractivity contribution in [2.75, 3.05) is 64.7 Å². The van der Waals surface area contributed by atoms with Crippen molar-refractivity contribution >= 4 is 10.0 Å². The van der Waals surface area contributed by atoms with Gasteiger partial charge in [0.2, 0.25) is 10.0 Å². The van der Waals surface area contributed by atoms with Crippen molar-refractivity contribution in [3.05, 3.63) is 0 Å². The van der Waals surface area contributed by atoms with Crippen LogP contribution in [-0.4, -0.2) is 82.9 Å². The van der Waals surface area contributed by atoms with Crippen LogP contribution in [0, 0.1) is 0 Å². The van der Waals surface area contributed by atoms with Gasteiger partial charge in [-0.1, -0.05) is 13.8 Å². The van der Waals surface area contributed by atoms with Crippen LogP contribution < -0.4 is 10.0 Å². The minimum Gasteiger partial charge on any atom is -0.314 e. The molecule has 0 amide bonds. The Morgan fingerprint density at radius 1 is 1.20 bits per heavy atom. The standard InChI is InChI=1S/C13H30N4O2S/c1-3-8-16(4-2)11-7-15-20(18,19)13-12-17-9-5-14-6-10-17/h14-15H,3-13H2,1-2H3. The van der Waals surface area contributed by atoms with Crippen LogP contribution >= 0.6 is 0 Å². The van der Waals surface area contributed by atoms with Gasteiger partial charge in [-0.2, -0.15) is 0 Å². The van der Waals surface area contributed by atoms with E-state index >= 15 is 0 Å². The molecule has 120 valence electrons. The zero-order chi connectivity index (χ0) is 14.8. The molecule has 1 rings (SSSR count). The Morgan fingerprint density at radius 3 is 2.50 bits per heavy atom. The highest BCUT2D eigenvalue weighted by Gasteiger charge is 2.15. The maximum absolute atomic E-state index is 11.9. The van der Waals surface area contributed by atoms with Crippen LogP contribution in [0.4, 0.5) is 0 Å². The first kappa shape index (κ1) is 17.8. The highest BCUT2D eigenvalue weighted by Crippen LogP contribution is 1.95. The summed E-state index contributed by atoms with van der Waals surface area (Å²) in [5, 5.41) is 3.26. The fourth-order valence-corrected chi connectivity index (χ4v) is 3.40. The molecule has 0 aliphatic carbocycles. The second-order valence-electron chi connectivity index (χ2n) is 5.24. The largest absolute Gasteiger partial charge is 0.314 e. The summed E-state index contributed by atoms with van der Waals surface area (Å²) in [5.74, 6) is 0.201. The SMILES string of the molecule is CCCN(CC)CCNS(=O)(=O)CCN1CCNCC1. The van der Waals surface area contributed by atoms with Gasteiger partial charge in [-0.15, -0.1) is 0 Å². The van der Waals surface area contributed by atoms with E-state index in [9.17, 15) is 8.42 Å². The van der Waals surface area contributed by atoms with E-state index < -0.39 is 10.0 Å². The molecular formula is C13H30N4O2S. The summed E-state index contributed by atoms with van der Waals surface area (Å²) in [6.45, 7) is 12.0. The smallest absolute Gasteiger partial charge is 0.212 e. The highest BCUT2D eigenvalue weighted by molar-refractivity contribution is 7.89. The number of sulfonamides is 1. The summed E-state index contributed by atoms with van der Waals surface area (Å²) < 4.78 is 26.6. The van der Waals surface area contributed by atoms with Gasteiger partial charge in [0, 0.05) is 45.8 Å². The van der Waals surface area contributed by atoms with E-state index in [0.29, 0.717) is 13.1 Å². The summed E-state index contributed by atoms with van der Waals surface area (Å²) in [5.41, 5.74) is 0. The third kappa shape index (κ3) is 7.54. The van der Waals surface area contributed by atoms with Gasteiger partial charge in [-0.05, 0) is 19.5 Å². The molecule has 20 heavy (non-hydrogen) atoms. The molecule has 1 saturated heterocycles. The van der Waals surface area contributed by atoms with E-state index in [1.807, 2.05) is 0 Å². The zero-order valence-corrected chi connectivity index (χ0v) is 13.7. The van der Waals surface area contributed by atoms with E-state index in [1.165, 1.54) is 0 Å². The van der Waals surface area contributed by atoms with Crippen LogP contribution in [0.2, 0.25) is 0 Å². The summed E-state index contributed by atoms with van der Waals surface area (Å²) >= 11 is 0. The van der Waals surface area contributed by atoms with Gasteiger partial charge in [0.15, 0.2) is 0 Å². The lowest BCUT2D eigenvalue weighted by atomic mass is 10.4. The van der Waals surface area contributed by atoms with Crippen LogP contribution in [0.25, 0.3) is 0 Å². The Hall–Kier alpha value is -0.210. The maximum Gasteiger partial charge on any atom is 0.212 e. The van der Waals surface area contributed by atoms with Gasteiger partial charge in [-0.3, -0.25) is 4.90 Å². The van der Waals surface area contributed by atoms with Crippen LogP contribution in [0.3, 0.4) is 0 Å². The number of piperazine rings is 1. The summed E-state index contributed by atoms with van der Waals surface area (Å²) in [7, 11) is -3.14. The molecule has 6 nitrogen and oxygen atoms in total. The van der Waals surface area contributed by atoms with Crippen molar-refractivity contribution in [2.45, 2.75) is 20.3 Å². The summed E-state index contributed by atoms with van der Waals surface area (Å²) in [6.07, 6.45) is 1.10. The van der Waals surface area contributed by atoms with E-state index in [4.69, 9.17) is 0 Å². The molecule has 0 saturated carbocycles. The van der Waals surface area contributed by atoms with Crippen molar-refractivity contribution in [1.82, 2.24) is 19.8 Å². The van der Waals surface area contributed by atoms with Crippen molar-refractivity contribution in [3.8, 4) is 0 Å². The molecule has 1 fully saturated rings. The predicted octanol–water partition coefficient (Wildman–Crippen LogP) is -0.457. The van der Waals surface area contributed by atoms with E-state index in [0.717, 1.165) is 52.2 Å². The Bertz CT molecular complexity index is 342. The number of rotatable bonds is 10. The van der Waals surface area contributed by atoms with Gasteiger partial charge in [0.25, 0.3) is 0 Å². The van der Waals surface area contributed by atoms with Crippen LogP contribution in [0.5, 0.6) is 0 Å². The van der Waals surface area contributed by atoms with Crippen molar-refractivity contribution in [1.29, 1.82) is 0 Å². The molecule has 7 heteroatoms. The maximum atomic E-state index is 11.9. The first-order chi connectivity index (χ1) is 9.57. The van der Waals surface area contributed by atoms with E-state index in [2.05, 4.69) is 33.7 Å². The molecule has 0 unspecified atom stereocenters. The number of nitrogens with zero attached hydrogens (tertiary/aromatic N) is 2. The molecule has 0 bridgehead atoms. The summed E-state index contributed by atoms with van der Waals surface area (Å²) in [6, 6.07) is 0. The molecule has 1 heterocycles. The molecule has 0 aromatic carbocycles. The molecular weight excluding hydrogens is 276 g/mol. The topological polar surface area (TPSA) is 64.7 Å². The fraction of sp³-hybridized carbons (Fsp3) is 1.00. The quantitative estimate of drug-likeness (QED) is 0.572. The van der Waals surface area contributed by atoms with Gasteiger partial charge in [0.05, 0.1) is 5.75 Å². The predicted molar refractivity (Wildman–Crippen MR) is 83.5 cm³/mol. The van der Waals surface area contributed by atoms with Gasteiger partial charge in [0.1, 0.15) is 0 Å².